The molecule has 0 bridgehead atoms. The van der Waals surface area contributed by atoms with Gasteiger partial charge in [0.1, 0.15) is 5.82 Å². The zero-order chi connectivity index (χ0) is 15.6. The van der Waals surface area contributed by atoms with Crippen molar-refractivity contribution >= 4 is 11.0 Å². The van der Waals surface area contributed by atoms with Crippen molar-refractivity contribution in [1.29, 1.82) is 0 Å². The lowest BCUT2D eigenvalue weighted by molar-refractivity contribution is -0.137. The molecule has 7 heteroatoms. The normalized spacial score (nSPS) is 13.8. The highest BCUT2D eigenvalue weighted by Gasteiger charge is 2.31. The molecule has 4 nitrogen and oxygen atoms in total. The number of aromatic nitrogens is 2. The Morgan fingerprint density at radius 3 is 2.67 bits per heavy atom. The number of hydrogen-bond acceptors (Lipinski definition) is 3. The maximum atomic E-state index is 12.7. The summed E-state index contributed by atoms with van der Waals surface area (Å²) < 4.78 is 40.0. The first-order valence-electron chi connectivity index (χ1n) is 6.77. The van der Waals surface area contributed by atoms with Crippen LogP contribution in [0.15, 0.2) is 18.2 Å². The third-order valence-corrected chi connectivity index (χ3v) is 3.21. The molecule has 0 radical (unpaired) electrons. The van der Waals surface area contributed by atoms with Crippen LogP contribution in [0.25, 0.3) is 11.0 Å². The largest absolute Gasteiger partial charge is 0.416 e. The van der Waals surface area contributed by atoms with E-state index < -0.39 is 17.8 Å². The van der Waals surface area contributed by atoms with Gasteiger partial charge in [-0.25, -0.2) is 4.98 Å². The van der Waals surface area contributed by atoms with Gasteiger partial charge in [0, 0.05) is 6.42 Å². The van der Waals surface area contributed by atoms with Crippen molar-refractivity contribution in [3.8, 4) is 0 Å². The molecule has 1 heterocycles. The zero-order valence-electron chi connectivity index (χ0n) is 11.7. The molecule has 2 rings (SSSR count). The summed E-state index contributed by atoms with van der Waals surface area (Å²) in [6, 6.07) is 3.48. The molecular formula is C14H18F3N3O. The van der Waals surface area contributed by atoms with Crippen LogP contribution in [0.5, 0.6) is 0 Å². The predicted octanol–water partition coefficient (Wildman–Crippen LogP) is 2.33. The van der Waals surface area contributed by atoms with Gasteiger partial charge in [-0.3, -0.25) is 0 Å². The number of aliphatic hydroxyl groups is 1. The Bertz CT molecular complexity index is 620. The number of nitrogens with zero attached hydrogens (tertiary/aromatic N) is 2. The summed E-state index contributed by atoms with van der Waals surface area (Å²) in [5.41, 5.74) is 5.63. The highest BCUT2D eigenvalue weighted by molar-refractivity contribution is 5.77. The number of halogens is 3. The van der Waals surface area contributed by atoms with E-state index in [1.165, 1.54) is 6.07 Å². The van der Waals surface area contributed by atoms with Gasteiger partial charge in [0.15, 0.2) is 0 Å². The van der Waals surface area contributed by atoms with Crippen molar-refractivity contribution in [1.82, 2.24) is 9.55 Å². The third-order valence-electron chi connectivity index (χ3n) is 3.21. The molecule has 0 aliphatic rings. The Kier molecular flexibility index (Phi) is 4.53. The maximum Gasteiger partial charge on any atom is 0.416 e. The van der Waals surface area contributed by atoms with Gasteiger partial charge in [-0.05, 0) is 38.1 Å². The average molecular weight is 301 g/mol. The first kappa shape index (κ1) is 15.8. The van der Waals surface area contributed by atoms with Gasteiger partial charge < -0.3 is 15.4 Å². The number of fused-ring (bicyclic) bond motifs is 1. The summed E-state index contributed by atoms with van der Waals surface area (Å²) >= 11 is 0. The summed E-state index contributed by atoms with van der Waals surface area (Å²) in [5.74, 6) is 0.649. The van der Waals surface area contributed by atoms with E-state index in [-0.39, 0.29) is 5.52 Å². The van der Waals surface area contributed by atoms with Crippen LogP contribution in [0, 0.1) is 0 Å². The first-order chi connectivity index (χ1) is 9.82. The second kappa shape index (κ2) is 6.03. The van der Waals surface area contributed by atoms with Crippen LogP contribution in [-0.2, 0) is 19.1 Å². The molecule has 0 saturated heterocycles. The molecule has 2 aromatic rings. The fourth-order valence-corrected chi connectivity index (χ4v) is 2.27. The zero-order valence-corrected chi connectivity index (χ0v) is 11.7. The number of hydrogen-bond donors (Lipinski definition) is 2. The number of aliphatic hydroxyl groups excluding tert-OH is 1. The van der Waals surface area contributed by atoms with Gasteiger partial charge in [-0.1, -0.05) is 0 Å². The average Bonchev–Trinajstić information content (AvgIpc) is 2.72. The molecule has 21 heavy (non-hydrogen) atoms. The number of alkyl halides is 3. The molecule has 0 aliphatic carbocycles. The molecule has 1 atom stereocenters. The van der Waals surface area contributed by atoms with Crippen molar-refractivity contribution < 1.29 is 18.3 Å². The number of nitrogens with two attached hydrogens (primary N) is 1. The Balaban J connectivity index is 2.50. The summed E-state index contributed by atoms with van der Waals surface area (Å²) in [6.07, 6.45) is -3.74. The van der Waals surface area contributed by atoms with Crippen molar-refractivity contribution in [2.24, 2.45) is 5.73 Å². The van der Waals surface area contributed by atoms with Gasteiger partial charge in [0.25, 0.3) is 0 Å². The van der Waals surface area contributed by atoms with Gasteiger partial charge in [0.05, 0.1) is 29.2 Å². The fourth-order valence-electron chi connectivity index (χ4n) is 2.27. The molecule has 1 aromatic carbocycles. The minimum absolute atomic E-state index is 0.289. The van der Waals surface area contributed by atoms with Crippen molar-refractivity contribution in [2.45, 2.75) is 38.6 Å². The summed E-state index contributed by atoms with van der Waals surface area (Å²) in [5, 5.41) is 9.56. The smallest absolute Gasteiger partial charge is 0.392 e. The maximum absolute atomic E-state index is 12.7. The molecule has 0 aliphatic heterocycles. The molecular weight excluding hydrogens is 283 g/mol. The first-order valence-corrected chi connectivity index (χ1v) is 6.77. The lowest BCUT2D eigenvalue weighted by atomic mass is 10.2. The van der Waals surface area contributed by atoms with Gasteiger partial charge in [-0.2, -0.15) is 13.2 Å². The van der Waals surface area contributed by atoms with Crippen LogP contribution < -0.4 is 5.73 Å². The Morgan fingerprint density at radius 1 is 1.38 bits per heavy atom. The lowest BCUT2D eigenvalue weighted by Gasteiger charge is -2.11. The standard InChI is InChI=1S/C14H18F3N3O/c1-9(21)8-20-12-5-4-10(14(15,16)17)7-11(12)19-13(20)3-2-6-18/h4-5,7,9,21H,2-3,6,8,18H2,1H3. The van der Waals surface area contributed by atoms with Gasteiger partial charge in [-0.15, -0.1) is 0 Å². The second-order valence-corrected chi connectivity index (χ2v) is 5.08. The van der Waals surface area contributed by atoms with Crippen LogP contribution in [0.3, 0.4) is 0 Å². The SMILES string of the molecule is CC(O)Cn1c(CCCN)nc2cc(C(F)(F)F)ccc21. The highest BCUT2D eigenvalue weighted by atomic mass is 19.4. The van der Waals surface area contributed by atoms with Crippen LogP contribution in [0.4, 0.5) is 13.2 Å². The van der Waals surface area contributed by atoms with E-state index in [4.69, 9.17) is 5.73 Å². The van der Waals surface area contributed by atoms with E-state index in [9.17, 15) is 18.3 Å². The summed E-state index contributed by atoms with van der Waals surface area (Å²) in [4.78, 5) is 4.27. The van der Waals surface area contributed by atoms with Crippen molar-refractivity contribution in [3.63, 3.8) is 0 Å². The second-order valence-electron chi connectivity index (χ2n) is 5.08. The van der Waals surface area contributed by atoms with Crippen LogP contribution >= 0.6 is 0 Å². The van der Waals surface area contributed by atoms with Crippen LogP contribution in [0.1, 0.15) is 24.7 Å². The molecule has 0 amide bonds. The molecule has 116 valence electrons. The number of rotatable bonds is 5. The predicted molar refractivity (Wildman–Crippen MR) is 73.8 cm³/mol. The molecule has 0 spiro atoms. The van der Waals surface area contributed by atoms with Crippen molar-refractivity contribution in [2.75, 3.05) is 6.54 Å². The third kappa shape index (κ3) is 3.54. The molecule has 1 aromatic heterocycles. The van der Waals surface area contributed by atoms with Gasteiger partial charge >= 0.3 is 6.18 Å². The summed E-state index contributed by atoms with van der Waals surface area (Å²) in [7, 11) is 0. The Hall–Kier alpha value is -1.60. The van der Waals surface area contributed by atoms with E-state index >= 15 is 0 Å². The van der Waals surface area contributed by atoms with E-state index in [0.29, 0.717) is 37.3 Å². The Morgan fingerprint density at radius 2 is 2.10 bits per heavy atom. The number of aryl methyl sites for hydroxylation is 1. The lowest BCUT2D eigenvalue weighted by Crippen LogP contribution is -2.15. The van der Waals surface area contributed by atoms with E-state index in [0.717, 1.165) is 12.1 Å². The highest BCUT2D eigenvalue weighted by Crippen LogP contribution is 2.31. The van der Waals surface area contributed by atoms with Crippen LogP contribution in [-0.4, -0.2) is 27.3 Å². The monoisotopic (exact) mass is 301 g/mol. The van der Waals surface area contributed by atoms with E-state index in [1.807, 2.05) is 0 Å². The summed E-state index contributed by atoms with van der Waals surface area (Å²) in [6.45, 7) is 2.40. The van der Waals surface area contributed by atoms with E-state index in [2.05, 4.69) is 4.98 Å². The van der Waals surface area contributed by atoms with Crippen molar-refractivity contribution in [3.05, 3.63) is 29.6 Å². The van der Waals surface area contributed by atoms with Crippen LogP contribution in [0.2, 0.25) is 0 Å². The molecule has 3 N–H and O–H groups in total. The minimum Gasteiger partial charge on any atom is -0.392 e. The fraction of sp³-hybridized carbons (Fsp3) is 0.500. The number of imidazole rings is 1. The molecule has 0 fully saturated rings. The topological polar surface area (TPSA) is 64.1 Å². The number of benzene rings is 1. The van der Waals surface area contributed by atoms with Gasteiger partial charge in [0.2, 0.25) is 0 Å². The molecule has 0 saturated carbocycles. The Labute approximate surface area is 120 Å². The minimum atomic E-state index is -4.39. The quantitative estimate of drug-likeness (QED) is 0.891. The van der Waals surface area contributed by atoms with E-state index in [1.54, 1.807) is 11.5 Å². The molecule has 1 unspecified atom stereocenters.